The molecule has 1 atom stereocenters. The van der Waals surface area contributed by atoms with Crippen LogP contribution < -0.4 is 5.73 Å². The van der Waals surface area contributed by atoms with Gasteiger partial charge in [0.2, 0.25) is 0 Å². The minimum atomic E-state index is 0.0540. The maximum absolute atomic E-state index is 8.63. The van der Waals surface area contributed by atoms with Crippen LogP contribution in [0.4, 0.5) is 0 Å². The van der Waals surface area contributed by atoms with Crippen molar-refractivity contribution in [3.05, 3.63) is 35.4 Å². The van der Waals surface area contributed by atoms with Crippen molar-refractivity contribution in [3.8, 4) is 6.07 Å². The number of rotatable bonds is 2. The molecule has 0 aromatic heterocycles. The van der Waals surface area contributed by atoms with Crippen LogP contribution in [0.15, 0.2) is 24.3 Å². The van der Waals surface area contributed by atoms with Crippen LogP contribution in [-0.4, -0.2) is 0 Å². The van der Waals surface area contributed by atoms with Crippen LogP contribution in [0.1, 0.15) is 30.5 Å². The molecule has 0 spiro atoms. The van der Waals surface area contributed by atoms with E-state index in [0.29, 0.717) is 5.56 Å². The lowest BCUT2D eigenvalue weighted by Crippen LogP contribution is -2.08. The van der Waals surface area contributed by atoms with E-state index < -0.39 is 0 Å². The fraction of sp³-hybridized carbons (Fsp3) is 0.300. The van der Waals surface area contributed by atoms with Gasteiger partial charge in [0.1, 0.15) is 0 Å². The smallest absolute Gasteiger partial charge is 0.0991 e. The molecule has 0 saturated heterocycles. The number of nitriles is 1. The number of nitrogens with zero attached hydrogens (tertiary/aromatic N) is 1. The summed E-state index contributed by atoms with van der Waals surface area (Å²) in [6, 6.07) is 9.59. The molecule has 0 aliphatic heterocycles. The lowest BCUT2D eigenvalue weighted by molar-refractivity contribution is 0.698. The molecule has 1 aromatic carbocycles. The molecule has 0 aliphatic rings. The average Bonchev–Trinajstić information content (AvgIpc) is 2.17. The molecule has 1 aromatic rings. The normalized spacial score (nSPS) is 12.1. The lowest BCUT2D eigenvalue weighted by atomic mass is 10.0. The fourth-order valence-corrected chi connectivity index (χ4v) is 1.07. The first-order valence-electron chi connectivity index (χ1n) is 4.03. The summed E-state index contributed by atoms with van der Waals surface area (Å²) in [5.41, 5.74) is 7.52. The van der Waals surface area contributed by atoms with Crippen molar-refractivity contribution in [1.29, 1.82) is 5.26 Å². The molecule has 1 rings (SSSR count). The van der Waals surface area contributed by atoms with Gasteiger partial charge in [0, 0.05) is 6.04 Å². The highest BCUT2D eigenvalue weighted by molar-refractivity contribution is 5.33. The predicted molar refractivity (Wildman–Crippen MR) is 48.4 cm³/mol. The van der Waals surface area contributed by atoms with Crippen LogP contribution in [0.2, 0.25) is 0 Å². The first-order valence-corrected chi connectivity index (χ1v) is 4.03. The number of hydrogen-bond acceptors (Lipinski definition) is 2. The van der Waals surface area contributed by atoms with Crippen molar-refractivity contribution in [2.45, 2.75) is 19.4 Å². The third kappa shape index (κ3) is 1.84. The van der Waals surface area contributed by atoms with Crippen molar-refractivity contribution in [2.24, 2.45) is 5.73 Å². The van der Waals surface area contributed by atoms with E-state index in [0.717, 1.165) is 12.0 Å². The van der Waals surface area contributed by atoms with Gasteiger partial charge in [0.25, 0.3) is 0 Å². The molecule has 12 heavy (non-hydrogen) atoms. The second-order valence-corrected chi connectivity index (χ2v) is 2.75. The van der Waals surface area contributed by atoms with E-state index in [-0.39, 0.29) is 6.04 Å². The monoisotopic (exact) mass is 160 g/mol. The fourth-order valence-electron chi connectivity index (χ4n) is 1.07. The Labute approximate surface area is 72.6 Å². The first-order chi connectivity index (χ1) is 5.77. The Morgan fingerprint density at radius 1 is 1.58 bits per heavy atom. The molecule has 0 bridgehead atoms. The Bertz CT molecular complexity index is 299. The Morgan fingerprint density at radius 3 is 2.92 bits per heavy atom. The van der Waals surface area contributed by atoms with Gasteiger partial charge in [-0.05, 0) is 24.1 Å². The molecule has 0 saturated carbocycles. The van der Waals surface area contributed by atoms with E-state index >= 15 is 0 Å². The van der Waals surface area contributed by atoms with Crippen LogP contribution in [-0.2, 0) is 0 Å². The standard InChI is InChI=1S/C10H12N2/c1-2-10(12)9-5-3-4-8(6-9)7-11/h3-6,10H,2,12H2,1H3/t10-/m1/s1. The molecule has 0 heterocycles. The molecular formula is C10H12N2. The second-order valence-electron chi connectivity index (χ2n) is 2.75. The van der Waals surface area contributed by atoms with E-state index in [2.05, 4.69) is 6.07 Å². The molecule has 0 radical (unpaired) electrons. The van der Waals surface area contributed by atoms with Crippen molar-refractivity contribution >= 4 is 0 Å². The van der Waals surface area contributed by atoms with Crippen molar-refractivity contribution in [1.82, 2.24) is 0 Å². The van der Waals surface area contributed by atoms with Gasteiger partial charge >= 0.3 is 0 Å². The molecule has 0 aliphatic carbocycles. The third-order valence-corrected chi connectivity index (χ3v) is 1.88. The number of hydrogen-bond donors (Lipinski definition) is 1. The van der Waals surface area contributed by atoms with E-state index in [1.165, 1.54) is 0 Å². The van der Waals surface area contributed by atoms with Crippen LogP contribution in [0.5, 0.6) is 0 Å². The van der Waals surface area contributed by atoms with Gasteiger partial charge in [0.05, 0.1) is 11.6 Å². The van der Waals surface area contributed by atoms with Crippen LogP contribution in [0, 0.1) is 11.3 Å². The van der Waals surface area contributed by atoms with E-state index in [1.54, 1.807) is 6.07 Å². The summed E-state index contributed by atoms with van der Waals surface area (Å²) in [4.78, 5) is 0. The maximum Gasteiger partial charge on any atom is 0.0991 e. The minimum absolute atomic E-state index is 0.0540. The Balaban J connectivity index is 2.95. The zero-order valence-electron chi connectivity index (χ0n) is 7.12. The SMILES string of the molecule is CC[C@@H](N)c1cccc(C#N)c1. The molecular weight excluding hydrogens is 148 g/mol. The Hall–Kier alpha value is -1.33. The molecule has 0 fully saturated rings. The quantitative estimate of drug-likeness (QED) is 0.719. The maximum atomic E-state index is 8.63. The van der Waals surface area contributed by atoms with Gasteiger partial charge < -0.3 is 5.73 Å². The zero-order chi connectivity index (χ0) is 8.97. The molecule has 0 amide bonds. The first kappa shape index (κ1) is 8.76. The summed E-state index contributed by atoms with van der Waals surface area (Å²) in [5, 5.41) is 8.63. The van der Waals surface area contributed by atoms with Gasteiger partial charge in [-0.15, -0.1) is 0 Å². The second kappa shape index (κ2) is 3.89. The van der Waals surface area contributed by atoms with E-state index in [4.69, 9.17) is 11.0 Å². The summed E-state index contributed by atoms with van der Waals surface area (Å²) in [6.45, 7) is 2.03. The van der Waals surface area contributed by atoms with Gasteiger partial charge in [0.15, 0.2) is 0 Å². The summed E-state index contributed by atoms with van der Waals surface area (Å²) in [6.07, 6.45) is 0.898. The highest BCUT2D eigenvalue weighted by atomic mass is 14.6. The third-order valence-electron chi connectivity index (χ3n) is 1.88. The average molecular weight is 160 g/mol. The summed E-state index contributed by atoms with van der Waals surface area (Å²) < 4.78 is 0. The number of benzene rings is 1. The van der Waals surface area contributed by atoms with Crippen LogP contribution in [0.3, 0.4) is 0 Å². The largest absolute Gasteiger partial charge is 0.324 e. The van der Waals surface area contributed by atoms with E-state index in [9.17, 15) is 0 Å². The lowest BCUT2D eigenvalue weighted by Gasteiger charge is -2.08. The topological polar surface area (TPSA) is 49.8 Å². The van der Waals surface area contributed by atoms with Gasteiger partial charge in [-0.1, -0.05) is 19.1 Å². The number of nitrogens with two attached hydrogens (primary N) is 1. The van der Waals surface area contributed by atoms with Crippen LogP contribution in [0.25, 0.3) is 0 Å². The van der Waals surface area contributed by atoms with Crippen molar-refractivity contribution in [2.75, 3.05) is 0 Å². The highest BCUT2D eigenvalue weighted by Gasteiger charge is 2.02. The minimum Gasteiger partial charge on any atom is -0.324 e. The molecule has 2 nitrogen and oxygen atoms in total. The van der Waals surface area contributed by atoms with E-state index in [1.807, 2.05) is 25.1 Å². The Morgan fingerprint density at radius 2 is 2.33 bits per heavy atom. The molecule has 2 N–H and O–H groups in total. The van der Waals surface area contributed by atoms with Gasteiger partial charge in [-0.2, -0.15) is 5.26 Å². The van der Waals surface area contributed by atoms with Crippen molar-refractivity contribution in [3.63, 3.8) is 0 Å². The summed E-state index contributed by atoms with van der Waals surface area (Å²) in [5.74, 6) is 0. The van der Waals surface area contributed by atoms with Crippen LogP contribution >= 0.6 is 0 Å². The summed E-state index contributed by atoms with van der Waals surface area (Å²) >= 11 is 0. The van der Waals surface area contributed by atoms with Gasteiger partial charge in [-0.25, -0.2) is 0 Å². The zero-order valence-corrected chi connectivity index (χ0v) is 7.12. The van der Waals surface area contributed by atoms with Gasteiger partial charge in [-0.3, -0.25) is 0 Å². The predicted octanol–water partition coefficient (Wildman–Crippen LogP) is 1.97. The summed E-state index contributed by atoms with van der Waals surface area (Å²) in [7, 11) is 0. The Kier molecular flexibility index (Phi) is 2.84. The molecule has 0 unspecified atom stereocenters. The highest BCUT2D eigenvalue weighted by Crippen LogP contribution is 2.14. The molecule has 2 heteroatoms. The molecule has 62 valence electrons. The van der Waals surface area contributed by atoms with Crippen molar-refractivity contribution < 1.29 is 0 Å².